The Morgan fingerprint density at radius 2 is 1.72 bits per heavy atom. The van der Waals surface area contributed by atoms with Crippen molar-refractivity contribution in [3.8, 4) is 5.75 Å². The molecule has 2 aliphatic rings. The Bertz CT molecular complexity index is 1290. The molecule has 47 heavy (non-hydrogen) atoms. The number of amides is 2. The van der Waals surface area contributed by atoms with E-state index in [0.717, 1.165) is 38.9 Å². The molecule has 1 saturated heterocycles. The number of ether oxygens (including phenoxy) is 2. The van der Waals surface area contributed by atoms with E-state index in [0.29, 0.717) is 37.5 Å². The molecule has 2 heterocycles. The molecule has 0 unspecified atom stereocenters. The minimum Gasteiger partial charge on any atom is -0.493 e. The molecule has 0 saturated carbocycles. The zero-order valence-corrected chi connectivity index (χ0v) is 28.3. The highest BCUT2D eigenvalue weighted by Gasteiger charge is 2.45. The monoisotopic (exact) mass is 653 g/mol. The number of piperidine rings is 1. The Morgan fingerprint density at radius 3 is 2.43 bits per heavy atom. The molecule has 4 rings (SSSR count). The molecular weight excluding hydrogens is 594 g/mol. The lowest BCUT2D eigenvalue weighted by molar-refractivity contribution is -0.133. The van der Waals surface area contributed by atoms with E-state index < -0.39 is 17.7 Å². The van der Waals surface area contributed by atoms with E-state index in [4.69, 9.17) is 15.2 Å². The molecule has 0 aliphatic carbocycles. The Labute approximate surface area is 282 Å². The summed E-state index contributed by atoms with van der Waals surface area (Å²) in [7, 11) is 1.65. The number of rotatable bonds is 16. The van der Waals surface area contributed by atoms with Crippen LogP contribution in [0.25, 0.3) is 0 Å². The van der Waals surface area contributed by atoms with Gasteiger partial charge in [0, 0.05) is 70.0 Å². The summed E-state index contributed by atoms with van der Waals surface area (Å²) in [6.07, 6.45) is 2.29. The number of benzene rings is 2. The van der Waals surface area contributed by atoms with Crippen LogP contribution in [-0.2, 0) is 14.9 Å². The van der Waals surface area contributed by atoms with Crippen molar-refractivity contribution >= 4 is 17.5 Å². The Balaban J connectivity index is 0.00000600. The molecule has 6 N–H and O–H groups in total. The van der Waals surface area contributed by atoms with Gasteiger partial charge in [0.05, 0.1) is 23.8 Å². The standard InChI is InChI=1S/C36H55N5O5.CH4/c1-25(2)26(22-38-33(43)27-11-6-9-14-32(27)46-20-10-19-45-5)21-29(37)31(42)23-39-34(44)35(3,4)41-17-15-36(16-18-41)24-40-30-13-8-7-12-28(30)36;/h6-9,11-14,25-26,29,31,40,42H,10,15-24,37H2,1-5H3,(H,38,43)(H,39,44);1H4/t26-,29+,31+;/m1./s1. The van der Waals surface area contributed by atoms with Gasteiger partial charge in [-0.1, -0.05) is 51.6 Å². The largest absolute Gasteiger partial charge is 0.493 e. The summed E-state index contributed by atoms with van der Waals surface area (Å²) in [6, 6.07) is 15.2. The molecule has 1 fully saturated rings. The second kappa shape index (κ2) is 17.3. The summed E-state index contributed by atoms with van der Waals surface area (Å²) < 4.78 is 10.9. The van der Waals surface area contributed by atoms with E-state index in [2.05, 4.69) is 59.0 Å². The fraction of sp³-hybridized carbons (Fsp3) is 0.622. The van der Waals surface area contributed by atoms with Crippen LogP contribution >= 0.6 is 0 Å². The SMILES string of the molecule is C.COCCCOc1ccccc1C(=O)NC[C@@H](C[C@H](N)[C@@H](O)CNC(=O)C(C)(C)N1CCC2(CC1)CNc1ccccc12)C(C)C. The zero-order valence-electron chi connectivity index (χ0n) is 28.3. The maximum Gasteiger partial charge on any atom is 0.255 e. The van der Waals surface area contributed by atoms with Gasteiger partial charge in [-0.05, 0) is 68.7 Å². The average molecular weight is 654 g/mol. The van der Waals surface area contributed by atoms with Crippen LogP contribution in [0.2, 0.25) is 0 Å². The van der Waals surface area contributed by atoms with Crippen LogP contribution in [0.3, 0.4) is 0 Å². The highest BCUT2D eigenvalue weighted by Crippen LogP contribution is 2.44. The number of methoxy groups -OCH3 is 1. The molecule has 0 radical (unpaired) electrons. The number of likely N-dealkylation sites (tertiary alicyclic amines) is 1. The predicted molar refractivity (Wildman–Crippen MR) is 189 cm³/mol. The minimum absolute atomic E-state index is 0. The van der Waals surface area contributed by atoms with Gasteiger partial charge in [0.1, 0.15) is 5.75 Å². The third-order valence-corrected chi connectivity index (χ3v) is 10.1. The van der Waals surface area contributed by atoms with Gasteiger partial charge in [0.25, 0.3) is 5.91 Å². The highest BCUT2D eigenvalue weighted by atomic mass is 16.5. The van der Waals surface area contributed by atoms with Crippen LogP contribution in [0.1, 0.15) is 76.7 Å². The van der Waals surface area contributed by atoms with Crippen molar-refractivity contribution in [3.05, 3.63) is 59.7 Å². The number of fused-ring (bicyclic) bond motifs is 2. The van der Waals surface area contributed by atoms with Gasteiger partial charge >= 0.3 is 0 Å². The maximum atomic E-state index is 13.4. The van der Waals surface area contributed by atoms with Gasteiger partial charge in [0.15, 0.2) is 0 Å². The van der Waals surface area contributed by atoms with Gasteiger partial charge in [-0.25, -0.2) is 0 Å². The number of nitrogens with one attached hydrogen (secondary N) is 3. The lowest BCUT2D eigenvalue weighted by atomic mass is 9.73. The number of aliphatic hydroxyl groups is 1. The lowest BCUT2D eigenvalue weighted by Gasteiger charge is -2.45. The Hall–Kier alpha value is -3.18. The summed E-state index contributed by atoms with van der Waals surface area (Å²) in [5.41, 5.74) is 8.96. The number of nitrogens with zero attached hydrogens (tertiary/aromatic N) is 1. The van der Waals surface area contributed by atoms with Gasteiger partial charge < -0.3 is 36.3 Å². The molecule has 3 atom stereocenters. The van der Waals surface area contributed by atoms with Gasteiger partial charge in [0.2, 0.25) is 5.91 Å². The number of anilines is 1. The third kappa shape index (κ3) is 9.47. The summed E-state index contributed by atoms with van der Waals surface area (Å²) in [6.45, 7) is 12.2. The molecule has 10 heteroatoms. The fourth-order valence-electron chi connectivity index (χ4n) is 6.69. The number of carbonyl (C=O) groups is 2. The van der Waals surface area contributed by atoms with Gasteiger partial charge in [-0.15, -0.1) is 0 Å². The molecule has 2 aliphatic heterocycles. The zero-order chi connectivity index (χ0) is 33.3. The number of hydrogen-bond donors (Lipinski definition) is 5. The quantitative estimate of drug-likeness (QED) is 0.170. The molecule has 1 spiro atoms. The van der Waals surface area contributed by atoms with Crippen LogP contribution in [-0.4, -0.2) is 92.6 Å². The van der Waals surface area contributed by atoms with E-state index in [1.807, 2.05) is 26.0 Å². The highest BCUT2D eigenvalue weighted by molar-refractivity contribution is 5.96. The van der Waals surface area contributed by atoms with Crippen molar-refractivity contribution in [2.45, 2.75) is 83.9 Å². The summed E-state index contributed by atoms with van der Waals surface area (Å²) in [4.78, 5) is 28.7. The number of hydrogen-bond acceptors (Lipinski definition) is 8. The maximum absolute atomic E-state index is 13.4. The van der Waals surface area contributed by atoms with E-state index >= 15 is 0 Å². The van der Waals surface area contributed by atoms with Crippen molar-refractivity contribution in [1.29, 1.82) is 0 Å². The average Bonchev–Trinajstić information content (AvgIpc) is 3.41. The van der Waals surface area contributed by atoms with E-state index in [-0.39, 0.29) is 43.0 Å². The smallest absolute Gasteiger partial charge is 0.255 e. The molecule has 0 aromatic heterocycles. The number of carbonyl (C=O) groups excluding carboxylic acids is 2. The number of aliphatic hydroxyl groups excluding tert-OH is 1. The van der Waals surface area contributed by atoms with Crippen molar-refractivity contribution in [3.63, 3.8) is 0 Å². The van der Waals surface area contributed by atoms with E-state index in [1.54, 1.807) is 19.2 Å². The van der Waals surface area contributed by atoms with E-state index in [9.17, 15) is 14.7 Å². The minimum atomic E-state index is -0.913. The van der Waals surface area contributed by atoms with Crippen LogP contribution in [0.15, 0.2) is 48.5 Å². The van der Waals surface area contributed by atoms with Crippen LogP contribution in [0.4, 0.5) is 5.69 Å². The molecular formula is C37H59N5O5. The van der Waals surface area contributed by atoms with Crippen LogP contribution in [0.5, 0.6) is 5.75 Å². The van der Waals surface area contributed by atoms with Crippen LogP contribution < -0.4 is 26.4 Å². The lowest BCUT2D eigenvalue weighted by Crippen LogP contribution is -2.60. The first-order valence-corrected chi connectivity index (χ1v) is 16.8. The van der Waals surface area contributed by atoms with Crippen molar-refractivity contribution in [2.24, 2.45) is 17.6 Å². The van der Waals surface area contributed by atoms with Gasteiger partial charge in [-0.3, -0.25) is 14.5 Å². The molecule has 2 aromatic carbocycles. The molecule has 0 bridgehead atoms. The molecule has 2 amide bonds. The second-order valence-electron chi connectivity index (χ2n) is 13.8. The topological polar surface area (TPSA) is 138 Å². The molecule has 2 aromatic rings. The van der Waals surface area contributed by atoms with Crippen molar-refractivity contribution in [2.75, 3.05) is 58.4 Å². The van der Waals surface area contributed by atoms with Gasteiger partial charge in [-0.2, -0.15) is 0 Å². The first-order valence-electron chi connectivity index (χ1n) is 16.8. The second-order valence-corrected chi connectivity index (χ2v) is 13.8. The number of para-hydroxylation sites is 2. The summed E-state index contributed by atoms with van der Waals surface area (Å²) in [5.74, 6) is 0.459. The van der Waals surface area contributed by atoms with Crippen molar-refractivity contribution in [1.82, 2.24) is 15.5 Å². The normalized spacial score (nSPS) is 17.6. The summed E-state index contributed by atoms with van der Waals surface area (Å²) >= 11 is 0. The third-order valence-electron chi connectivity index (χ3n) is 10.1. The van der Waals surface area contributed by atoms with Crippen molar-refractivity contribution < 1.29 is 24.2 Å². The number of nitrogens with two attached hydrogens (primary N) is 1. The first kappa shape index (κ1) is 38.3. The molecule has 10 nitrogen and oxygen atoms in total. The summed E-state index contributed by atoms with van der Waals surface area (Å²) in [5, 5.41) is 20.5. The van der Waals surface area contributed by atoms with E-state index in [1.165, 1.54) is 11.3 Å². The Morgan fingerprint density at radius 1 is 1.04 bits per heavy atom. The van der Waals surface area contributed by atoms with Crippen LogP contribution in [0, 0.1) is 11.8 Å². The fourth-order valence-corrected chi connectivity index (χ4v) is 6.69. The Kier molecular flexibility index (Phi) is 14.1. The first-order chi connectivity index (χ1) is 22.0. The molecule has 262 valence electrons. The predicted octanol–water partition coefficient (Wildman–Crippen LogP) is 4.17.